The topological polar surface area (TPSA) is 56.9 Å². The normalized spacial score (nSPS) is 9.77. The molecule has 1 N–H and O–H groups in total. The molecular formula is C10H6N2O. The van der Waals surface area contributed by atoms with E-state index in [1.54, 1.807) is 24.4 Å². The van der Waals surface area contributed by atoms with Gasteiger partial charge in [-0.15, -0.1) is 0 Å². The number of aromatic hydroxyl groups is 1. The summed E-state index contributed by atoms with van der Waals surface area (Å²) in [5.41, 5.74) is 1.21. The molecule has 0 aliphatic heterocycles. The van der Waals surface area contributed by atoms with Gasteiger partial charge >= 0.3 is 0 Å². The highest BCUT2D eigenvalue weighted by molar-refractivity contribution is 5.85. The second kappa shape index (κ2) is 2.76. The van der Waals surface area contributed by atoms with E-state index in [-0.39, 0.29) is 5.75 Å². The number of rotatable bonds is 0. The van der Waals surface area contributed by atoms with E-state index in [4.69, 9.17) is 5.26 Å². The Hall–Kier alpha value is -2.08. The number of nitrogens with zero attached hydrogens (tertiary/aromatic N) is 2. The van der Waals surface area contributed by atoms with Gasteiger partial charge in [0.1, 0.15) is 5.75 Å². The van der Waals surface area contributed by atoms with Gasteiger partial charge in [0.15, 0.2) is 0 Å². The van der Waals surface area contributed by atoms with Gasteiger partial charge in [-0.05, 0) is 18.2 Å². The van der Waals surface area contributed by atoms with Gasteiger partial charge in [0.2, 0.25) is 0 Å². The molecule has 2 aromatic rings. The van der Waals surface area contributed by atoms with Gasteiger partial charge in [-0.3, -0.25) is 4.98 Å². The van der Waals surface area contributed by atoms with Crippen molar-refractivity contribution < 1.29 is 5.11 Å². The van der Waals surface area contributed by atoms with Crippen molar-refractivity contribution in [1.29, 1.82) is 5.26 Å². The van der Waals surface area contributed by atoms with Crippen LogP contribution < -0.4 is 0 Å². The third kappa shape index (κ3) is 1.18. The number of benzene rings is 1. The number of hydrogen-bond donors (Lipinski definition) is 1. The van der Waals surface area contributed by atoms with E-state index in [9.17, 15) is 5.11 Å². The largest absolute Gasteiger partial charge is 0.508 e. The van der Waals surface area contributed by atoms with Crippen molar-refractivity contribution in [3.05, 3.63) is 36.0 Å². The lowest BCUT2D eigenvalue weighted by atomic mass is 10.1. The monoisotopic (exact) mass is 170 g/mol. The maximum atomic E-state index is 9.17. The van der Waals surface area contributed by atoms with Crippen LogP contribution in [-0.2, 0) is 0 Å². The van der Waals surface area contributed by atoms with Crippen molar-refractivity contribution in [1.82, 2.24) is 4.98 Å². The third-order valence-electron chi connectivity index (χ3n) is 1.85. The Kier molecular flexibility index (Phi) is 1.60. The second-order valence-corrected chi connectivity index (χ2v) is 2.67. The molecule has 0 fully saturated rings. The standard InChI is InChI=1S/C10H6N2O/c11-6-7-3-4-12-10-5-8(13)1-2-9(7)10/h1-5,13H. The smallest absolute Gasteiger partial charge is 0.117 e. The number of nitriles is 1. The number of hydrogen-bond acceptors (Lipinski definition) is 3. The Morgan fingerprint density at radius 2 is 2.15 bits per heavy atom. The summed E-state index contributed by atoms with van der Waals surface area (Å²) in [6.45, 7) is 0. The van der Waals surface area contributed by atoms with E-state index in [2.05, 4.69) is 11.1 Å². The summed E-state index contributed by atoms with van der Waals surface area (Å²) in [6.07, 6.45) is 1.56. The SMILES string of the molecule is N#Cc1ccnc2cc(O)ccc12. The molecular weight excluding hydrogens is 164 g/mol. The molecule has 1 aromatic carbocycles. The lowest BCUT2D eigenvalue weighted by Gasteiger charge is -1.98. The molecule has 0 atom stereocenters. The first-order valence-corrected chi connectivity index (χ1v) is 3.79. The summed E-state index contributed by atoms with van der Waals surface area (Å²) in [5.74, 6) is 0.162. The maximum Gasteiger partial charge on any atom is 0.117 e. The van der Waals surface area contributed by atoms with Crippen molar-refractivity contribution in [2.75, 3.05) is 0 Å². The molecule has 1 heterocycles. The van der Waals surface area contributed by atoms with Crippen LogP contribution in [0.4, 0.5) is 0 Å². The summed E-state index contributed by atoms with van der Waals surface area (Å²) >= 11 is 0. The molecule has 3 nitrogen and oxygen atoms in total. The van der Waals surface area contributed by atoms with E-state index in [0.717, 1.165) is 5.39 Å². The number of phenols is 1. The van der Waals surface area contributed by atoms with Crippen molar-refractivity contribution in [3.63, 3.8) is 0 Å². The number of aromatic nitrogens is 1. The van der Waals surface area contributed by atoms with Gasteiger partial charge in [0.25, 0.3) is 0 Å². The van der Waals surface area contributed by atoms with Crippen LogP contribution in [0.3, 0.4) is 0 Å². The van der Waals surface area contributed by atoms with Crippen molar-refractivity contribution in [2.45, 2.75) is 0 Å². The Balaban J connectivity index is 2.87. The highest BCUT2D eigenvalue weighted by Crippen LogP contribution is 2.20. The van der Waals surface area contributed by atoms with Gasteiger partial charge in [-0.1, -0.05) is 0 Å². The Bertz CT molecular complexity index is 500. The van der Waals surface area contributed by atoms with E-state index in [1.807, 2.05) is 0 Å². The summed E-state index contributed by atoms with van der Waals surface area (Å²) in [5, 5.41) is 18.7. The van der Waals surface area contributed by atoms with E-state index >= 15 is 0 Å². The molecule has 0 spiro atoms. The first kappa shape index (κ1) is 7.56. The summed E-state index contributed by atoms with van der Waals surface area (Å²) < 4.78 is 0. The van der Waals surface area contributed by atoms with Crippen molar-refractivity contribution in [2.24, 2.45) is 0 Å². The first-order chi connectivity index (χ1) is 6.31. The number of phenolic OH excluding ortho intramolecular Hbond substituents is 1. The van der Waals surface area contributed by atoms with Gasteiger partial charge in [-0.25, -0.2) is 0 Å². The second-order valence-electron chi connectivity index (χ2n) is 2.67. The van der Waals surface area contributed by atoms with Crippen LogP contribution in [0.1, 0.15) is 5.56 Å². The van der Waals surface area contributed by atoms with Crippen LogP contribution in [0.2, 0.25) is 0 Å². The molecule has 0 saturated heterocycles. The van der Waals surface area contributed by atoms with Crippen LogP contribution in [0.5, 0.6) is 5.75 Å². The predicted molar refractivity (Wildman–Crippen MR) is 48.1 cm³/mol. The zero-order valence-corrected chi connectivity index (χ0v) is 6.73. The fourth-order valence-corrected chi connectivity index (χ4v) is 1.23. The van der Waals surface area contributed by atoms with Crippen LogP contribution in [-0.4, -0.2) is 10.1 Å². The molecule has 0 bridgehead atoms. The molecule has 2 rings (SSSR count). The fourth-order valence-electron chi connectivity index (χ4n) is 1.23. The lowest BCUT2D eigenvalue weighted by molar-refractivity contribution is 0.476. The average molecular weight is 170 g/mol. The minimum absolute atomic E-state index is 0.162. The van der Waals surface area contributed by atoms with Crippen LogP contribution in [0.25, 0.3) is 10.9 Å². The zero-order chi connectivity index (χ0) is 9.26. The van der Waals surface area contributed by atoms with Crippen LogP contribution in [0, 0.1) is 11.3 Å². The molecule has 0 aliphatic rings. The Morgan fingerprint density at radius 3 is 2.92 bits per heavy atom. The zero-order valence-electron chi connectivity index (χ0n) is 6.73. The van der Waals surface area contributed by atoms with Crippen LogP contribution in [0.15, 0.2) is 30.5 Å². The minimum atomic E-state index is 0.162. The molecule has 0 saturated carbocycles. The van der Waals surface area contributed by atoms with Crippen molar-refractivity contribution in [3.8, 4) is 11.8 Å². The maximum absolute atomic E-state index is 9.17. The summed E-state index contributed by atoms with van der Waals surface area (Å²) in [4.78, 5) is 4.04. The quantitative estimate of drug-likeness (QED) is 0.656. The van der Waals surface area contributed by atoms with Gasteiger partial charge < -0.3 is 5.11 Å². The molecule has 0 amide bonds. The molecule has 0 aliphatic carbocycles. The predicted octanol–water partition coefficient (Wildman–Crippen LogP) is 1.81. The van der Waals surface area contributed by atoms with Gasteiger partial charge in [0, 0.05) is 17.6 Å². The van der Waals surface area contributed by atoms with Gasteiger partial charge in [-0.2, -0.15) is 5.26 Å². The molecule has 13 heavy (non-hydrogen) atoms. The van der Waals surface area contributed by atoms with Gasteiger partial charge in [0.05, 0.1) is 17.1 Å². The van der Waals surface area contributed by atoms with E-state index in [0.29, 0.717) is 11.1 Å². The molecule has 62 valence electrons. The van der Waals surface area contributed by atoms with Crippen LogP contribution >= 0.6 is 0 Å². The summed E-state index contributed by atoms with van der Waals surface area (Å²) in [7, 11) is 0. The Labute approximate surface area is 74.9 Å². The first-order valence-electron chi connectivity index (χ1n) is 3.79. The number of pyridine rings is 1. The molecule has 0 radical (unpaired) electrons. The Morgan fingerprint density at radius 1 is 1.31 bits per heavy atom. The highest BCUT2D eigenvalue weighted by atomic mass is 16.3. The average Bonchev–Trinajstić information content (AvgIpc) is 2.16. The summed E-state index contributed by atoms with van der Waals surface area (Å²) in [6, 6.07) is 8.49. The minimum Gasteiger partial charge on any atom is -0.508 e. The molecule has 0 unspecified atom stereocenters. The number of fused-ring (bicyclic) bond motifs is 1. The third-order valence-corrected chi connectivity index (χ3v) is 1.85. The molecule has 1 aromatic heterocycles. The molecule has 3 heteroatoms. The van der Waals surface area contributed by atoms with Crippen molar-refractivity contribution >= 4 is 10.9 Å². The van der Waals surface area contributed by atoms with E-state index < -0.39 is 0 Å². The fraction of sp³-hybridized carbons (Fsp3) is 0. The van der Waals surface area contributed by atoms with E-state index in [1.165, 1.54) is 6.07 Å². The highest BCUT2D eigenvalue weighted by Gasteiger charge is 2.00. The lowest BCUT2D eigenvalue weighted by Crippen LogP contribution is -1.82.